The molecule has 1 unspecified atom stereocenters. The molecule has 2 heterocycles. The quantitative estimate of drug-likeness (QED) is 0.208. The summed E-state index contributed by atoms with van der Waals surface area (Å²) < 4.78 is 7.64. The molecule has 0 aliphatic carbocycles. The van der Waals surface area contributed by atoms with Crippen LogP contribution in [0.15, 0.2) is 27.6 Å². The Morgan fingerprint density at radius 1 is 1.39 bits per heavy atom. The molecule has 174 valence electrons. The fraction of sp³-hybridized carbons (Fsp3) is 0.350. The molecule has 3 rings (SSSR count). The minimum Gasteiger partial charge on any atom is -0.496 e. The summed E-state index contributed by atoms with van der Waals surface area (Å²) in [5.41, 5.74) is 4.67. The van der Waals surface area contributed by atoms with Gasteiger partial charge in [-0.1, -0.05) is 23.1 Å². The zero-order chi connectivity index (χ0) is 24.1. The summed E-state index contributed by atoms with van der Waals surface area (Å²) in [5.74, 6) is 0.937. The van der Waals surface area contributed by atoms with Gasteiger partial charge in [0.1, 0.15) is 28.2 Å². The summed E-state index contributed by atoms with van der Waals surface area (Å²) in [6, 6.07) is 4.81. The van der Waals surface area contributed by atoms with Crippen LogP contribution < -0.4 is 10.2 Å². The molecule has 0 aliphatic rings. The first-order valence-electron chi connectivity index (χ1n) is 9.84. The second-order valence-electron chi connectivity index (χ2n) is 7.08. The number of ether oxygens (including phenoxy) is 1. The van der Waals surface area contributed by atoms with Gasteiger partial charge in [0.25, 0.3) is 5.91 Å². The fourth-order valence-electron chi connectivity index (χ4n) is 3.14. The number of methoxy groups -OCH3 is 1. The highest BCUT2D eigenvalue weighted by Crippen LogP contribution is 2.30. The maximum Gasteiger partial charge on any atom is 0.312 e. The number of hydrogen-bond donors (Lipinski definition) is 1. The number of thioether (sulfide) groups is 1. The van der Waals surface area contributed by atoms with Crippen LogP contribution in [0.25, 0.3) is 0 Å². The van der Waals surface area contributed by atoms with Gasteiger partial charge in [-0.15, -0.1) is 10.2 Å². The minimum absolute atomic E-state index is 0.0922. The standard InChI is InChI=1S/C20H23N7O4S2/c1-11-18(27(29)30)12(2)26(25-11)13(3)19(28)23-21-9-15-6-7-17(31-5)16(8-15)10-32-20-24-22-14(4)33-20/h6-9,13H,10H2,1-5H3,(H,23,28). The van der Waals surface area contributed by atoms with E-state index in [1.54, 1.807) is 32.7 Å². The molecule has 0 aliphatic heterocycles. The van der Waals surface area contributed by atoms with Crippen LogP contribution in [0.5, 0.6) is 5.75 Å². The third kappa shape index (κ3) is 5.73. The lowest BCUT2D eigenvalue weighted by molar-refractivity contribution is -0.386. The maximum atomic E-state index is 12.5. The summed E-state index contributed by atoms with van der Waals surface area (Å²) in [7, 11) is 1.61. The SMILES string of the molecule is COc1ccc(C=NNC(=O)C(C)n2nc(C)c([N+](=O)[O-])c2C)cc1CSc1nnc(C)s1. The van der Waals surface area contributed by atoms with Crippen molar-refractivity contribution in [1.82, 2.24) is 25.4 Å². The fourth-order valence-corrected chi connectivity index (χ4v) is 4.93. The van der Waals surface area contributed by atoms with Crippen molar-refractivity contribution in [2.45, 2.75) is 43.8 Å². The molecule has 13 heteroatoms. The Hall–Kier alpha value is -3.32. The molecular weight excluding hydrogens is 466 g/mol. The summed E-state index contributed by atoms with van der Waals surface area (Å²) in [4.78, 5) is 23.2. The van der Waals surface area contributed by atoms with Gasteiger partial charge in [-0.05, 0) is 51.5 Å². The van der Waals surface area contributed by atoms with Crippen molar-refractivity contribution in [1.29, 1.82) is 0 Å². The van der Waals surface area contributed by atoms with E-state index >= 15 is 0 Å². The molecule has 0 bridgehead atoms. The molecule has 0 radical (unpaired) electrons. The van der Waals surface area contributed by atoms with Crippen LogP contribution in [0.3, 0.4) is 0 Å². The first kappa shape index (κ1) is 24.3. The van der Waals surface area contributed by atoms with Gasteiger partial charge < -0.3 is 4.74 Å². The number of nitrogens with zero attached hydrogens (tertiary/aromatic N) is 6. The van der Waals surface area contributed by atoms with Crippen molar-refractivity contribution in [2.24, 2.45) is 5.10 Å². The monoisotopic (exact) mass is 489 g/mol. The number of aryl methyl sites for hydroxylation is 2. The van der Waals surface area contributed by atoms with Crippen molar-refractivity contribution < 1.29 is 14.5 Å². The molecule has 0 saturated carbocycles. The Labute approximate surface area is 198 Å². The van der Waals surface area contributed by atoms with Crippen LogP contribution in [0.2, 0.25) is 0 Å². The van der Waals surface area contributed by atoms with Crippen LogP contribution in [0.1, 0.15) is 40.5 Å². The highest BCUT2D eigenvalue weighted by atomic mass is 32.2. The van der Waals surface area contributed by atoms with Crippen LogP contribution in [0, 0.1) is 30.9 Å². The van der Waals surface area contributed by atoms with E-state index in [-0.39, 0.29) is 11.4 Å². The van der Waals surface area contributed by atoms with Gasteiger partial charge in [0, 0.05) is 11.3 Å². The topological polar surface area (TPSA) is 137 Å². The van der Waals surface area contributed by atoms with Crippen molar-refractivity contribution in [3.63, 3.8) is 0 Å². The van der Waals surface area contributed by atoms with Gasteiger partial charge in [0.05, 0.1) is 18.2 Å². The van der Waals surface area contributed by atoms with Crippen LogP contribution in [-0.2, 0) is 10.5 Å². The zero-order valence-electron chi connectivity index (χ0n) is 18.7. The Balaban J connectivity index is 1.67. The lowest BCUT2D eigenvalue weighted by Gasteiger charge is -2.11. The van der Waals surface area contributed by atoms with Gasteiger partial charge in [-0.25, -0.2) is 5.43 Å². The number of benzene rings is 1. The molecule has 1 amide bonds. The van der Waals surface area contributed by atoms with E-state index < -0.39 is 16.9 Å². The number of carbonyl (C=O) groups excluding carboxylic acids is 1. The summed E-state index contributed by atoms with van der Waals surface area (Å²) in [6.07, 6.45) is 1.52. The molecule has 1 atom stereocenters. The van der Waals surface area contributed by atoms with Crippen LogP contribution in [-0.4, -0.2) is 44.1 Å². The molecule has 11 nitrogen and oxygen atoms in total. The van der Waals surface area contributed by atoms with E-state index in [2.05, 4.69) is 25.8 Å². The number of amides is 1. The lowest BCUT2D eigenvalue weighted by atomic mass is 10.1. The van der Waals surface area contributed by atoms with Crippen molar-refractivity contribution in [2.75, 3.05) is 7.11 Å². The van der Waals surface area contributed by atoms with Gasteiger partial charge in [-0.3, -0.25) is 19.6 Å². The lowest BCUT2D eigenvalue weighted by Crippen LogP contribution is -2.28. The van der Waals surface area contributed by atoms with Crippen molar-refractivity contribution >= 4 is 40.9 Å². The summed E-state index contributed by atoms with van der Waals surface area (Å²) in [6.45, 7) is 6.61. The second-order valence-corrected chi connectivity index (χ2v) is 9.48. The van der Waals surface area contributed by atoms with E-state index in [1.165, 1.54) is 29.2 Å². The predicted octanol–water partition coefficient (Wildman–Crippen LogP) is 3.58. The average molecular weight is 490 g/mol. The largest absolute Gasteiger partial charge is 0.496 e. The molecule has 0 saturated heterocycles. The van der Waals surface area contributed by atoms with Crippen molar-refractivity contribution in [3.8, 4) is 5.75 Å². The number of carbonyl (C=O) groups is 1. The Morgan fingerprint density at radius 2 is 2.15 bits per heavy atom. The highest BCUT2D eigenvalue weighted by molar-refractivity contribution is 8.00. The predicted molar refractivity (Wildman–Crippen MR) is 126 cm³/mol. The van der Waals surface area contributed by atoms with E-state index in [0.29, 0.717) is 11.4 Å². The first-order valence-corrected chi connectivity index (χ1v) is 11.6. The Kier molecular flexibility index (Phi) is 7.76. The van der Waals surface area contributed by atoms with Gasteiger partial charge in [-0.2, -0.15) is 10.2 Å². The second kappa shape index (κ2) is 10.5. The first-order chi connectivity index (χ1) is 15.7. The van der Waals surface area contributed by atoms with Gasteiger partial charge in [0.2, 0.25) is 0 Å². The van der Waals surface area contributed by atoms with Gasteiger partial charge in [0.15, 0.2) is 4.34 Å². The van der Waals surface area contributed by atoms with E-state index in [0.717, 1.165) is 26.2 Å². The zero-order valence-corrected chi connectivity index (χ0v) is 20.4. The van der Waals surface area contributed by atoms with Gasteiger partial charge >= 0.3 is 5.69 Å². The number of rotatable bonds is 9. The molecule has 0 spiro atoms. The molecule has 1 aromatic carbocycles. The summed E-state index contributed by atoms with van der Waals surface area (Å²) >= 11 is 3.09. The smallest absolute Gasteiger partial charge is 0.312 e. The summed E-state index contributed by atoms with van der Waals surface area (Å²) in [5, 5.41) is 28.4. The number of hydrogen-bond acceptors (Lipinski definition) is 10. The molecule has 2 aromatic heterocycles. The molecule has 3 aromatic rings. The average Bonchev–Trinajstić information content (AvgIpc) is 3.33. The third-order valence-electron chi connectivity index (χ3n) is 4.77. The van der Waals surface area contributed by atoms with E-state index in [4.69, 9.17) is 4.74 Å². The third-order valence-corrected chi connectivity index (χ3v) is 6.79. The van der Waals surface area contributed by atoms with Crippen molar-refractivity contribution in [3.05, 3.63) is 55.8 Å². The maximum absolute atomic E-state index is 12.5. The number of hydrazone groups is 1. The molecular formula is C20H23N7O4S2. The molecule has 1 N–H and O–H groups in total. The Morgan fingerprint density at radius 3 is 2.76 bits per heavy atom. The van der Waals surface area contributed by atoms with E-state index in [1.807, 2.05) is 25.1 Å². The van der Waals surface area contributed by atoms with Crippen LogP contribution >= 0.6 is 23.1 Å². The number of nitrogens with one attached hydrogen (secondary N) is 1. The highest BCUT2D eigenvalue weighted by Gasteiger charge is 2.26. The number of aromatic nitrogens is 4. The normalized spacial score (nSPS) is 12.2. The Bertz CT molecular complexity index is 1210. The molecule has 0 fully saturated rings. The van der Waals surface area contributed by atoms with E-state index in [9.17, 15) is 14.9 Å². The minimum atomic E-state index is -0.771. The van der Waals surface area contributed by atoms with Crippen LogP contribution in [0.4, 0.5) is 5.69 Å². The number of nitro groups is 1. The molecule has 33 heavy (non-hydrogen) atoms.